The number of rotatable bonds is 5. The fourth-order valence-corrected chi connectivity index (χ4v) is 2.11. The number of amides is 1. The Morgan fingerprint density at radius 3 is 2.68 bits per heavy atom. The highest BCUT2D eigenvalue weighted by atomic mass is 32.1. The first-order valence-electron chi connectivity index (χ1n) is 6.01. The average Bonchev–Trinajstić information content (AvgIpc) is 2.82. The molecule has 0 aliphatic carbocycles. The largest absolute Gasteiger partial charge is 0.481 e. The van der Waals surface area contributed by atoms with E-state index in [-0.39, 0.29) is 5.91 Å². The monoisotopic (exact) mass is 277 g/mol. The van der Waals surface area contributed by atoms with Crippen LogP contribution in [0.4, 0.5) is 5.13 Å². The SMILES string of the molecule is CC[C@@H](Oc1ccccc1)C(=O)Nc1nnc(C)s1. The number of anilines is 1. The van der Waals surface area contributed by atoms with E-state index in [2.05, 4.69) is 15.5 Å². The van der Waals surface area contributed by atoms with Crippen molar-refractivity contribution >= 4 is 22.4 Å². The quantitative estimate of drug-likeness (QED) is 0.912. The normalized spacial score (nSPS) is 11.9. The molecule has 1 heterocycles. The maximum atomic E-state index is 12.1. The Hall–Kier alpha value is -1.95. The number of aromatic nitrogens is 2. The summed E-state index contributed by atoms with van der Waals surface area (Å²) in [5.74, 6) is 0.473. The van der Waals surface area contributed by atoms with Crippen LogP contribution in [-0.4, -0.2) is 22.2 Å². The van der Waals surface area contributed by atoms with Crippen LogP contribution in [0.3, 0.4) is 0 Å². The molecule has 0 spiro atoms. The molecule has 19 heavy (non-hydrogen) atoms. The number of hydrogen-bond donors (Lipinski definition) is 1. The zero-order chi connectivity index (χ0) is 13.7. The second-order valence-corrected chi connectivity index (χ2v) is 5.12. The predicted octanol–water partition coefficient (Wildman–Crippen LogP) is 2.64. The number of hydrogen-bond acceptors (Lipinski definition) is 5. The Labute approximate surface area is 115 Å². The highest BCUT2D eigenvalue weighted by Crippen LogP contribution is 2.16. The van der Waals surface area contributed by atoms with Gasteiger partial charge in [0.1, 0.15) is 10.8 Å². The van der Waals surface area contributed by atoms with E-state index in [1.807, 2.05) is 44.2 Å². The third kappa shape index (κ3) is 3.75. The third-order valence-electron chi connectivity index (χ3n) is 2.44. The molecule has 0 radical (unpaired) electrons. The summed E-state index contributed by atoms with van der Waals surface area (Å²) in [7, 11) is 0. The van der Waals surface area contributed by atoms with Crippen LogP contribution in [0.1, 0.15) is 18.4 Å². The fourth-order valence-electron chi connectivity index (χ4n) is 1.52. The molecule has 5 nitrogen and oxygen atoms in total. The summed E-state index contributed by atoms with van der Waals surface area (Å²) in [6.07, 6.45) is 0.0463. The van der Waals surface area contributed by atoms with E-state index >= 15 is 0 Å². The van der Waals surface area contributed by atoms with Crippen molar-refractivity contribution in [1.29, 1.82) is 0 Å². The molecule has 6 heteroatoms. The Morgan fingerprint density at radius 2 is 2.11 bits per heavy atom. The lowest BCUT2D eigenvalue weighted by molar-refractivity contribution is -0.122. The Bertz CT molecular complexity index is 542. The van der Waals surface area contributed by atoms with Crippen molar-refractivity contribution in [2.75, 3.05) is 5.32 Å². The molecule has 0 aliphatic heterocycles. The van der Waals surface area contributed by atoms with Gasteiger partial charge in [0.15, 0.2) is 6.10 Å². The van der Waals surface area contributed by atoms with Crippen LogP contribution in [0.25, 0.3) is 0 Å². The van der Waals surface area contributed by atoms with E-state index in [0.717, 1.165) is 5.01 Å². The minimum atomic E-state index is -0.536. The van der Waals surface area contributed by atoms with Gasteiger partial charge in [0.05, 0.1) is 0 Å². The van der Waals surface area contributed by atoms with Gasteiger partial charge in [-0.15, -0.1) is 10.2 Å². The highest BCUT2D eigenvalue weighted by molar-refractivity contribution is 7.15. The fraction of sp³-hybridized carbons (Fsp3) is 0.308. The number of ether oxygens (including phenoxy) is 1. The van der Waals surface area contributed by atoms with Crippen molar-refractivity contribution in [2.45, 2.75) is 26.4 Å². The summed E-state index contributed by atoms with van der Waals surface area (Å²) in [4.78, 5) is 12.1. The van der Waals surface area contributed by atoms with Gasteiger partial charge in [0.2, 0.25) is 5.13 Å². The van der Waals surface area contributed by atoms with Gasteiger partial charge in [0.25, 0.3) is 5.91 Å². The van der Waals surface area contributed by atoms with Crippen LogP contribution in [0.5, 0.6) is 5.75 Å². The first-order valence-corrected chi connectivity index (χ1v) is 6.83. The van der Waals surface area contributed by atoms with E-state index in [1.54, 1.807) is 0 Å². The molecular formula is C13H15N3O2S. The van der Waals surface area contributed by atoms with Gasteiger partial charge in [0, 0.05) is 0 Å². The molecule has 0 aliphatic rings. The molecule has 0 unspecified atom stereocenters. The maximum Gasteiger partial charge on any atom is 0.267 e. The van der Waals surface area contributed by atoms with Crippen LogP contribution < -0.4 is 10.1 Å². The molecule has 2 aromatic rings. The van der Waals surface area contributed by atoms with E-state index in [1.165, 1.54) is 11.3 Å². The lowest BCUT2D eigenvalue weighted by Crippen LogP contribution is -2.32. The second-order valence-electron chi connectivity index (χ2n) is 3.94. The van der Waals surface area contributed by atoms with Gasteiger partial charge in [-0.1, -0.05) is 36.5 Å². The van der Waals surface area contributed by atoms with Gasteiger partial charge in [-0.05, 0) is 25.5 Å². The molecule has 0 saturated heterocycles. The van der Waals surface area contributed by atoms with Crippen molar-refractivity contribution in [2.24, 2.45) is 0 Å². The van der Waals surface area contributed by atoms with Gasteiger partial charge >= 0.3 is 0 Å². The number of nitrogens with zero attached hydrogens (tertiary/aromatic N) is 2. The molecule has 1 amide bonds. The summed E-state index contributed by atoms with van der Waals surface area (Å²) in [6, 6.07) is 9.29. The number of benzene rings is 1. The Kier molecular flexibility index (Phi) is 4.46. The summed E-state index contributed by atoms with van der Waals surface area (Å²) in [5.41, 5.74) is 0. The number of carbonyl (C=O) groups is 1. The number of carbonyl (C=O) groups excluding carboxylic acids is 1. The van der Waals surface area contributed by atoms with Crippen LogP contribution in [0.2, 0.25) is 0 Å². The number of aryl methyl sites for hydroxylation is 1. The first-order chi connectivity index (χ1) is 9.19. The van der Waals surface area contributed by atoms with Crippen molar-refractivity contribution in [3.63, 3.8) is 0 Å². The minimum Gasteiger partial charge on any atom is -0.481 e. The van der Waals surface area contributed by atoms with Crippen molar-refractivity contribution in [1.82, 2.24) is 10.2 Å². The Morgan fingerprint density at radius 1 is 1.37 bits per heavy atom. The molecule has 1 aromatic heterocycles. The minimum absolute atomic E-state index is 0.206. The maximum absolute atomic E-state index is 12.1. The number of para-hydroxylation sites is 1. The second kappa shape index (κ2) is 6.29. The molecule has 0 fully saturated rings. The highest BCUT2D eigenvalue weighted by Gasteiger charge is 2.19. The zero-order valence-electron chi connectivity index (χ0n) is 10.8. The van der Waals surface area contributed by atoms with Crippen molar-refractivity contribution in [3.8, 4) is 5.75 Å². The van der Waals surface area contributed by atoms with Gasteiger partial charge in [-0.3, -0.25) is 10.1 Å². The van der Waals surface area contributed by atoms with Gasteiger partial charge in [-0.25, -0.2) is 0 Å². The van der Waals surface area contributed by atoms with E-state index < -0.39 is 6.10 Å². The smallest absolute Gasteiger partial charge is 0.267 e. The molecule has 0 bridgehead atoms. The molecular weight excluding hydrogens is 262 g/mol. The van der Waals surface area contributed by atoms with Crippen LogP contribution in [0.15, 0.2) is 30.3 Å². The van der Waals surface area contributed by atoms with E-state index in [0.29, 0.717) is 17.3 Å². The number of nitrogens with one attached hydrogen (secondary N) is 1. The first kappa shape index (κ1) is 13.5. The lowest BCUT2D eigenvalue weighted by Gasteiger charge is -2.16. The topological polar surface area (TPSA) is 64.1 Å². The molecule has 100 valence electrons. The average molecular weight is 277 g/mol. The summed E-state index contributed by atoms with van der Waals surface area (Å²) < 4.78 is 5.65. The summed E-state index contributed by atoms with van der Waals surface area (Å²) >= 11 is 1.34. The van der Waals surface area contributed by atoms with E-state index in [4.69, 9.17) is 4.74 Å². The molecule has 2 rings (SSSR count). The van der Waals surface area contributed by atoms with E-state index in [9.17, 15) is 4.79 Å². The summed E-state index contributed by atoms with van der Waals surface area (Å²) in [5, 5.41) is 11.7. The molecule has 1 aromatic carbocycles. The van der Waals surface area contributed by atoms with Gasteiger partial charge in [-0.2, -0.15) is 0 Å². The predicted molar refractivity (Wildman–Crippen MR) is 74.4 cm³/mol. The molecule has 1 atom stereocenters. The zero-order valence-corrected chi connectivity index (χ0v) is 11.6. The van der Waals surface area contributed by atoms with Crippen LogP contribution >= 0.6 is 11.3 Å². The van der Waals surface area contributed by atoms with Gasteiger partial charge < -0.3 is 4.74 Å². The summed E-state index contributed by atoms with van der Waals surface area (Å²) in [6.45, 7) is 3.74. The standard InChI is InChI=1S/C13H15N3O2S/c1-3-11(18-10-7-5-4-6-8-10)12(17)14-13-16-15-9(2)19-13/h4-8,11H,3H2,1-2H3,(H,14,16,17)/t11-/m1/s1. The van der Waals surface area contributed by atoms with Crippen LogP contribution in [-0.2, 0) is 4.79 Å². The molecule has 1 N–H and O–H groups in total. The van der Waals surface area contributed by atoms with Crippen molar-refractivity contribution in [3.05, 3.63) is 35.3 Å². The third-order valence-corrected chi connectivity index (χ3v) is 3.20. The Balaban J connectivity index is 1.99. The van der Waals surface area contributed by atoms with Crippen LogP contribution in [0, 0.1) is 6.92 Å². The van der Waals surface area contributed by atoms with Crippen molar-refractivity contribution < 1.29 is 9.53 Å². The lowest BCUT2D eigenvalue weighted by atomic mass is 10.2. The molecule has 0 saturated carbocycles.